The van der Waals surface area contributed by atoms with Gasteiger partial charge in [-0.1, -0.05) is 32.9 Å². The second-order valence-electron chi connectivity index (χ2n) is 4.94. The van der Waals surface area contributed by atoms with Crippen LogP contribution in [0.2, 0.25) is 0 Å². The van der Waals surface area contributed by atoms with Crippen molar-refractivity contribution in [2.75, 3.05) is 13.1 Å². The average Bonchev–Trinajstić information content (AvgIpc) is 2.65. The molecule has 0 bridgehead atoms. The fourth-order valence-corrected chi connectivity index (χ4v) is 1.52. The molecule has 0 aliphatic rings. The molecule has 1 aromatic heterocycles. The Morgan fingerprint density at radius 1 is 1.12 bits per heavy atom. The summed E-state index contributed by atoms with van der Waals surface area (Å²) in [6, 6.07) is 1.05. The van der Waals surface area contributed by atoms with E-state index in [-0.39, 0.29) is 0 Å². The molecule has 0 saturated heterocycles. The lowest BCUT2D eigenvalue weighted by molar-refractivity contribution is 0.506. The van der Waals surface area contributed by atoms with Crippen molar-refractivity contribution in [2.45, 2.75) is 52.7 Å². The van der Waals surface area contributed by atoms with Crippen molar-refractivity contribution in [1.82, 2.24) is 25.6 Å². The van der Waals surface area contributed by atoms with Gasteiger partial charge in [0.25, 0.3) is 0 Å². The van der Waals surface area contributed by atoms with Crippen LogP contribution < -0.4 is 10.6 Å². The molecule has 0 spiro atoms. The van der Waals surface area contributed by atoms with Crippen molar-refractivity contribution in [1.29, 1.82) is 0 Å². The number of rotatable bonds is 8. The fraction of sp³-hybridized carbons (Fsp3) is 0.833. The average molecular weight is 239 g/mol. The minimum atomic E-state index is 0.522. The summed E-state index contributed by atoms with van der Waals surface area (Å²) in [4.78, 5) is 0. The Kier molecular flexibility index (Phi) is 6.15. The number of aromatic nitrogens is 3. The van der Waals surface area contributed by atoms with Gasteiger partial charge in [-0.25, -0.2) is 0 Å². The first-order valence-electron chi connectivity index (χ1n) is 6.43. The third-order valence-corrected chi connectivity index (χ3v) is 2.41. The van der Waals surface area contributed by atoms with Crippen LogP contribution in [0, 0.1) is 0 Å². The highest BCUT2D eigenvalue weighted by atomic mass is 15.4. The molecule has 0 amide bonds. The second-order valence-corrected chi connectivity index (χ2v) is 4.94. The van der Waals surface area contributed by atoms with Crippen LogP contribution in [0.1, 0.15) is 33.4 Å². The molecule has 1 heterocycles. The molecular weight excluding hydrogens is 214 g/mol. The Balaban J connectivity index is 2.23. The summed E-state index contributed by atoms with van der Waals surface area (Å²) in [5.41, 5.74) is 1.06. The van der Waals surface area contributed by atoms with Crippen molar-refractivity contribution in [3.8, 4) is 0 Å². The minimum absolute atomic E-state index is 0.522. The molecule has 0 atom stereocenters. The topological polar surface area (TPSA) is 54.8 Å². The van der Waals surface area contributed by atoms with E-state index < -0.39 is 0 Å². The molecule has 1 rings (SSSR count). The Bertz CT molecular complexity index is 277. The molecule has 5 heteroatoms. The molecule has 5 nitrogen and oxygen atoms in total. The van der Waals surface area contributed by atoms with E-state index in [1.807, 2.05) is 10.9 Å². The second kappa shape index (κ2) is 7.40. The molecule has 2 N–H and O–H groups in total. The lowest BCUT2D eigenvalue weighted by atomic mass is 10.3. The van der Waals surface area contributed by atoms with Gasteiger partial charge < -0.3 is 10.6 Å². The summed E-state index contributed by atoms with van der Waals surface area (Å²) >= 11 is 0. The zero-order valence-corrected chi connectivity index (χ0v) is 11.4. The van der Waals surface area contributed by atoms with Crippen molar-refractivity contribution < 1.29 is 0 Å². The van der Waals surface area contributed by atoms with Gasteiger partial charge in [-0.3, -0.25) is 4.68 Å². The van der Waals surface area contributed by atoms with E-state index >= 15 is 0 Å². The molecule has 0 fully saturated rings. The Hall–Kier alpha value is -0.940. The summed E-state index contributed by atoms with van der Waals surface area (Å²) in [7, 11) is 0. The predicted molar refractivity (Wildman–Crippen MR) is 70.0 cm³/mol. The van der Waals surface area contributed by atoms with Crippen molar-refractivity contribution in [3.05, 3.63) is 11.9 Å². The van der Waals surface area contributed by atoms with Gasteiger partial charge in [0, 0.05) is 37.8 Å². The van der Waals surface area contributed by atoms with Gasteiger partial charge in [0.1, 0.15) is 0 Å². The molecule has 0 saturated carbocycles. The van der Waals surface area contributed by atoms with E-state index in [0.29, 0.717) is 12.1 Å². The summed E-state index contributed by atoms with van der Waals surface area (Å²) in [5.74, 6) is 0. The van der Waals surface area contributed by atoms with Gasteiger partial charge in [-0.2, -0.15) is 0 Å². The monoisotopic (exact) mass is 239 g/mol. The summed E-state index contributed by atoms with van der Waals surface area (Å²) in [5, 5.41) is 15.0. The lowest BCUT2D eigenvalue weighted by Crippen LogP contribution is -2.26. The van der Waals surface area contributed by atoms with Crippen molar-refractivity contribution in [2.24, 2.45) is 0 Å². The molecule has 98 valence electrons. The van der Waals surface area contributed by atoms with E-state index in [1.165, 1.54) is 0 Å². The van der Waals surface area contributed by atoms with Crippen LogP contribution in [0.3, 0.4) is 0 Å². The standard InChI is InChI=1S/C12H25N5/c1-10(2)13-6-5-12-9-17(16-15-12)8-7-14-11(3)4/h9-11,13-14H,5-8H2,1-4H3. The first-order chi connectivity index (χ1) is 8.08. The van der Waals surface area contributed by atoms with Gasteiger partial charge in [0.2, 0.25) is 0 Å². The lowest BCUT2D eigenvalue weighted by Gasteiger charge is -2.07. The van der Waals surface area contributed by atoms with Crippen LogP contribution in [0.25, 0.3) is 0 Å². The molecular formula is C12H25N5. The van der Waals surface area contributed by atoms with Crippen molar-refractivity contribution in [3.63, 3.8) is 0 Å². The summed E-state index contributed by atoms with van der Waals surface area (Å²) < 4.78 is 1.90. The van der Waals surface area contributed by atoms with E-state index in [4.69, 9.17) is 0 Å². The van der Waals surface area contributed by atoms with Crippen LogP contribution in [0.4, 0.5) is 0 Å². The zero-order valence-electron chi connectivity index (χ0n) is 11.4. The summed E-state index contributed by atoms with van der Waals surface area (Å²) in [6.07, 6.45) is 2.97. The van der Waals surface area contributed by atoms with E-state index in [2.05, 4.69) is 48.6 Å². The van der Waals surface area contributed by atoms with Crippen molar-refractivity contribution >= 4 is 0 Å². The molecule has 0 unspecified atom stereocenters. The Labute approximate surface area is 104 Å². The Morgan fingerprint density at radius 3 is 2.41 bits per heavy atom. The van der Waals surface area contributed by atoms with Crippen LogP contribution in [-0.4, -0.2) is 40.2 Å². The van der Waals surface area contributed by atoms with Gasteiger partial charge in [0.05, 0.1) is 12.2 Å². The third-order valence-electron chi connectivity index (χ3n) is 2.41. The number of nitrogens with one attached hydrogen (secondary N) is 2. The van der Waals surface area contributed by atoms with Crippen LogP contribution in [0.15, 0.2) is 6.20 Å². The maximum absolute atomic E-state index is 4.16. The third kappa shape index (κ3) is 6.38. The van der Waals surface area contributed by atoms with Gasteiger partial charge >= 0.3 is 0 Å². The Morgan fingerprint density at radius 2 is 1.76 bits per heavy atom. The minimum Gasteiger partial charge on any atom is -0.314 e. The van der Waals surface area contributed by atoms with Gasteiger partial charge in [-0.15, -0.1) is 5.10 Å². The highest BCUT2D eigenvalue weighted by Gasteiger charge is 2.01. The van der Waals surface area contributed by atoms with Crippen LogP contribution >= 0.6 is 0 Å². The quantitative estimate of drug-likeness (QED) is 0.705. The van der Waals surface area contributed by atoms with Crippen LogP contribution in [-0.2, 0) is 13.0 Å². The van der Waals surface area contributed by atoms with Crippen LogP contribution in [0.5, 0.6) is 0 Å². The fourth-order valence-electron chi connectivity index (χ4n) is 1.52. The first kappa shape index (κ1) is 14.1. The van der Waals surface area contributed by atoms with E-state index in [9.17, 15) is 0 Å². The van der Waals surface area contributed by atoms with Gasteiger partial charge in [-0.05, 0) is 0 Å². The molecule has 17 heavy (non-hydrogen) atoms. The largest absolute Gasteiger partial charge is 0.314 e. The normalized spacial score (nSPS) is 11.6. The number of hydrogen-bond acceptors (Lipinski definition) is 4. The highest BCUT2D eigenvalue weighted by molar-refractivity contribution is 4.93. The smallest absolute Gasteiger partial charge is 0.0839 e. The van der Waals surface area contributed by atoms with Gasteiger partial charge in [0.15, 0.2) is 0 Å². The molecule has 0 aromatic carbocycles. The van der Waals surface area contributed by atoms with E-state index in [1.54, 1.807) is 0 Å². The molecule has 0 aliphatic heterocycles. The molecule has 0 aliphatic carbocycles. The van der Waals surface area contributed by atoms with E-state index in [0.717, 1.165) is 31.7 Å². The predicted octanol–water partition coefficient (Wildman–Crippen LogP) is 0.817. The molecule has 1 aromatic rings. The molecule has 0 radical (unpaired) electrons. The number of nitrogens with zero attached hydrogens (tertiary/aromatic N) is 3. The zero-order chi connectivity index (χ0) is 12.7. The maximum atomic E-state index is 4.16. The highest BCUT2D eigenvalue weighted by Crippen LogP contribution is 1.94. The number of hydrogen-bond donors (Lipinski definition) is 2. The maximum Gasteiger partial charge on any atom is 0.0839 e. The summed E-state index contributed by atoms with van der Waals surface area (Å²) in [6.45, 7) is 11.4. The first-order valence-corrected chi connectivity index (χ1v) is 6.43. The SMILES string of the molecule is CC(C)NCCc1cn(CCNC(C)C)nn1.